The third-order valence-corrected chi connectivity index (χ3v) is 8.70. The summed E-state index contributed by atoms with van der Waals surface area (Å²) in [5.41, 5.74) is 0.869. The van der Waals surface area contributed by atoms with Gasteiger partial charge in [-0.15, -0.1) is 0 Å². The Kier molecular flexibility index (Phi) is 3.37. The van der Waals surface area contributed by atoms with Gasteiger partial charge in [-0.3, -0.25) is 4.79 Å². The summed E-state index contributed by atoms with van der Waals surface area (Å²) in [6.07, 6.45) is 15.5. The second-order valence-corrected chi connectivity index (χ2v) is 9.35. The Morgan fingerprint density at radius 3 is 2.50 bits per heavy atom. The molecule has 0 aliphatic heterocycles. The van der Waals surface area contributed by atoms with Crippen LogP contribution < -0.4 is 0 Å². The van der Waals surface area contributed by atoms with Gasteiger partial charge in [0.15, 0.2) is 0 Å². The van der Waals surface area contributed by atoms with Crippen LogP contribution in [0.15, 0.2) is 12.2 Å². The molecule has 0 aromatic rings. The zero-order valence-electron chi connectivity index (χ0n) is 14.6. The summed E-state index contributed by atoms with van der Waals surface area (Å²) in [6.45, 7) is 6.90. The number of ketones is 1. The SMILES string of the molecule is CC(=O)[C@H]1CCC2C3CC[C@H]4CC=CC[C@]4(C)C3CC[C@@]21C. The van der Waals surface area contributed by atoms with E-state index in [2.05, 4.69) is 26.0 Å². The molecule has 1 nitrogen and oxygen atoms in total. The lowest BCUT2D eigenvalue weighted by Crippen LogP contribution is -2.52. The van der Waals surface area contributed by atoms with E-state index >= 15 is 0 Å². The lowest BCUT2D eigenvalue weighted by Gasteiger charge is -2.59. The average molecular weight is 300 g/mol. The zero-order chi connectivity index (χ0) is 15.5. The Morgan fingerprint density at radius 1 is 0.955 bits per heavy atom. The number of hydrogen-bond acceptors (Lipinski definition) is 1. The van der Waals surface area contributed by atoms with Gasteiger partial charge in [0, 0.05) is 5.92 Å². The normalized spacial score (nSPS) is 53.5. The van der Waals surface area contributed by atoms with Crippen molar-refractivity contribution in [1.29, 1.82) is 0 Å². The van der Waals surface area contributed by atoms with Crippen LogP contribution in [0.4, 0.5) is 0 Å². The number of Topliss-reactive ketones (excluding diaryl/α,β-unsaturated/α-hetero) is 1. The summed E-state index contributed by atoms with van der Waals surface area (Å²) in [4.78, 5) is 12.1. The molecule has 1 heteroatoms. The predicted molar refractivity (Wildman–Crippen MR) is 90.4 cm³/mol. The van der Waals surface area contributed by atoms with Crippen molar-refractivity contribution in [3.63, 3.8) is 0 Å². The highest BCUT2D eigenvalue weighted by molar-refractivity contribution is 5.79. The van der Waals surface area contributed by atoms with E-state index < -0.39 is 0 Å². The maximum Gasteiger partial charge on any atom is 0.133 e. The standard InChI is InChI=1S/C21H32O/c1-14(22)17-9-10-18-16-8-7-15-6-4-5-12-20(15,2)19(16)11-13-21(17,18)3/h4-5,15-19H,6-13H2,1-3H3/t15-,16?,17-,18?,19?,20+,21-/m1/s1. The summed E-state index contributed by atoms with van der Waals surface area (Å²) >= 11 is 0. The summed E-state index contributed by atoms with van der Waals surface area (Å²) in [5.74, 6) is 4.38. The molecular weight excluding hydrogens is 268 g/mol. The first-order chi connectivity index (χ1) is 10.5. The topological polar surface area (TPSA) is 17.1 Å². The molecule has 3 unspecified atom stereocenters. The Bertz CT molecular complexity index is 506. The molecule has 0 spiro atoms. The fourth-order valence-electron chi connectivity index (χ4n) is 7.51. The minimum Gasteiger partial charge on any atom is -0.300 e. The molecule has 7 atom stereocenters. The maximum absolute atomic E-state index is 12.1. The maximum atomic E-state index is 12.1. The van der Waals surface area contributed by atoms with Crippen LogP contribution in [0.3, 0.4) is 0 Å². The van der Waals surface area contributed by atoms with Crippen LogP contribution in [0.1, 0.15) is 72.1 Å². The molecule has 122 valence electrons. The van der Waals surface area contributed by atoms with Gasteiger partial charge in [-0.2, -0.15) is 0 Å². The van der Waals surface area contributed by atoms with Crippen molar-refractivity contribution >= 4 is 5.78 Å². The van der Waals surface area contributed by atoms with Crippen molar-refractivity contribution < 1.29 is 4.79 Å². The molecule has 0 heterocycles. The number of allylic oxidation sites excluding steroid dienone is 2. The van der Waals surface area contributed by atoms with Gasteiger partial charge in [0.25, 0.3) is 0 Å². The van der Waals surface area contributed by atoms with Crippen LogP contribution >= 0.6 is 0 Å². The number of carbonyl (C=O) groups is 1. The number of hydrogen-bond donors (Lipinski definition) is 0. The molecule has 0 bridgehead atoms. The molecule has 3 saturated carbocycles. The highest BCUT2D eigenvalue weighted by Gasteiger charge is 2.59. The van der Waals surface area contributed by atoms with Crippen molar-refractivity contribution in [1.82, 2.24) is 0 Å². The Labute approximate surface area is 135 Å². The van der Waals surface area contributed by atoms with Gasteiger partial charge in [-0.1, -0.05) is 26.0 Å². The number of carbonyl (C=O) groups excluding carboxylic acids is 1. The monoisotopic (exact) mass is 300 g/mol. The van der Waals surface area contributed by atoms with Gasteiger partial charge in [-0.25, -0.2) is 0 Å². The lowest BCUT2D eigenvalue weighted by molar-refractivity contribution is -0.131. The molecule has 0 saturated heterocycles. The number of fused-ring (bicyclic) bond motifs is 5. The first kappa shape index (κ1) is 15.0. The Balaban J connectivity index is 1.65. The highest BCUT2D eigenvalue weighted by atomic mass is 16.1. The lowest BCUT2D eigenvalue weighted by atomic mass is 9.45. The van der Waals surface area contributed by atoms with E-state index in [0.29, 0.717) is 22.5 Å². The molecule has 22 heavy (non-hydrogen) atoms. The average Bonchev–Trinajstić information content (AvgIpc) is 2.84. The van der Waals surface area contributed by atoms with Crippen LogP contribution in [-0.2, 0) is 4.79 Å². The minimum atomic E-state index is 0.320. The van der Waals surface area contributed by atoms with Crippen LogP contribution in [0.25, 0.3) is 0 Å². The van der Waals surface area contributed by atoms with Crippen LogP contribution in [0, 0.1) is 40.4 Å². The zero-order valence-corrected chi connectivity index (χ0v) is 14.6. The molecule has 3 fully saturated rings. The molecule has 0 N–H and O–H groups in total. The van der Waals surface area contributed by atoms with E-state index in [9.17, 15) is 4.79 Å². The van der Waals surface area contributed by atoms with Crippen molar-refractivity contribution in [2.24, 2.45) is 40.4 Å². The summed E-state index contributed by atoms with van der Waals surface area (Å²) in [7, 11) is 0. The first-order valence-corrected chi connectivity index (χ1v) is 9.62. The van der Waals surface area contributed by atoms with Crippen molar-refractivity contribution in [3.05, 3.63) is 12.2 Å². The second-order valence-electron chi connectivity index (χ2n) is 9.35. The van der Waals surface area contributed by atoms with E-state index in [1.807, 2.05) is 6.92 Å². The smallest absolute Gasteiger partial charge is 0.133 e. The van der Waals surface area contributed by atoms with Crippen molar-refractivity contribution in [3.8, 4) is 0 Å². The van der Waals surface area contributed by atoms with Gasteiger partial charge in [0.1, 0.15) is 5.78 Å². The molecular formula is C21H32O. The summed E-state index contributed by atoms with van der Waals surface area (Å²) in [5, 5.41) is 0. The molecule has 0 radical (unpaired) electrons. The summed E-state index contributed by atoms with van der Waals surface area (Å²) < 4.78 is 0. The quantitative estimate of drug-likeness (QED) is 0.592. The fourth-order valence-corrected chi connectivity index (χ4v) is 7.51. The molecule has 0 aromatic heterocycles. The fraction of sp³-hybridized carbons (Fsp3) is 0.857. The van der Waals surface area contributed by atoms with E-state index in [-0.39, 0.29) is 0 Å². The third-order valence-electron chi connectivity index (χ3n) is 8.70. The van der Waals surface area contributed by atoms with E-state index in [1.54, 1.807) is 0 Å². The number of rotatable bonds is 1. The van der Waals surface area contributed by atoms with Gasteiger partial charge in [0.05, 0.1) is 0 Å². The van der Waals surface area contributed by atoms with Gasteiger partial charge < -0.3 is 0 Å². The van der Waals surface area contributed by atoms with Gasteiger partial charge in [0.2, 0.25) is 0 Å². The van der Waals surface area contributed by atoms with Crippen molar-refractivity contribution in [2.45, 2.75) is 72.1 Å². The van der Waals surface area contributed by atoms with Crippen molar-refractivity contribution in [2.75, 3.05) is 0 Å². The molecule has 4 rings (SSSR count). The first-order valence-electron chi connectivity index (χ1n) is 9.62. The minimum absolute atomic E-state index is 0.320. The molecule has 4 aliphatic rings. The third kappa shape index (κ3) is 1.86. The van der Waals surface area contributed by atoms with Crippen LogP contribution in [-0.4, -0.2) is 5.78 Å². The van der Waals surface area contributed by atoms with Gasteiger partial charge in [-0.05, 0) is 92.8 Å². The molecule has 4 aliphatic carbocycles. The molecule has 0 aromatic carbocycles. The van der Waals surface area contributed by atoms with Gasteiger partial charge >= 0.3 is 0 Å². The van der Waals surface area contributed by atoms with E-state index in [1.165, 1.54) is 51.4 Å². The predicted octanol–water partition coefficient (Wildman–Crippen LogP) is 5.40. The van der Waals surface area contributed by atoms with Crippen LogP contribution in [0.5, 0.6) is 0 Å². The highest BCUT2D eigenvalue weighted by Crippen LogP contribution is 2.66. The summed E-state index contributed by atoms with van der Waals surface area (Å²) in [6, 6.07) is 0. The second kappa shape index (κ2) is 4.95. The van der Waals surface area contributed by atoms with E-state index in [4.69, 9.17) is 0 Å². The Hall–Kier alpha value is -0.590. The Morgan fingerprint density at radius 2 is 1.73 bits per heavy atom. The molecule has 0 amide bonds. The van der Waals surface area contributed by atoms with Crippen LogP contribution in [0.2, 0.25) is 0 Å². The largest absolute Gasteiger partial charge is 0.300 e. The van der Waals surface area contributed by atoms with E-state index in [0.717, 1.165) is 23.7 Å².